The zero-order valence-electron chi connectivity index (χ0n) is 15.9. The molecule has 0 radical (unpaired) electrons. The number of unbranched alkanes of at least 4 members (excludes halogenated alkanes) is 7. The standard InChI is InChI=1S/C18H35N5O2/c1-3-5-6-7-8-9-10-11-12-20-17(19-4-2)21-13-14-23-16(24)15-22-18(23)25/h3-15H2,1-2H3,(H,22,25)(H2,19,20,21). The van der Waals surface area contributed by atoms with Crippen LogP contribution in [-0.4, -0.2) is 55.5 Å². The van der Waals surface area contributed by atoms with Gasteiger partial charge in [-0.05, 0) is 13.3 Å². The molecular formula is C18H35N5O2. The number of amides is 3. The summed E-state index contributed by atoms with van der Waals surface area (Å²) < 4.78 is 0. The van der Waals surface area contributed by atoms with E-state index in [0.29, 0.717) is 13.1 Å². The van der Waals surface area contributed by atoms with Crippen LogP contribution >= 0.6 is 0 Å². The molecule has 0 saturated carbocycles. The van der Waals surface area contributed by atoms with Crippen LogP contribution in [0.1, 0.15) is 65.2 Å². The molecule has 0 aromatic carbocycles. The number of nitrogens with zero attached hydrogens (tertiary/aromatic N) is 2. The van der Waals surface area contributed by atoms with E-state index in [1.165, 1.54) is 49.8 Å². The van der Waals surface area contributed by atoms with Crippen LogP contribution in [0.15, 0.2) is 4.99 Å². The van der Waals surface area contributed by atoms with Crippen molar-refractivity contribution in [3.63, 3.8) is 0 Å². The quantitative estimate of drug-likeness (QED) is 0.205. The van der Waals surface area contributed by atoms with Gasteiger partial charge in [0.05, 0.1) is 6.54 Å². The molecule has 0 unspecified atom stereocenters. The number of imide groups is 1. The molecule has 0 aromatic heterocycles. The van der Waals surface area contributed by atoms with Crippen LogP contribution in [0.3, 0.4) is 0 Å². The lowest BCUT2D eigenvalue weighted by atomic mass is 10.1. The van der Waals surface area contributed by atoms with Crippen molar-refractivity contribution in [1.82, 2.24) is 20.9 Å². The van der Waals surface area contributed by atoms with E-state index >= 15 is 0 Å². The van der Waals surface area contributed by atoms with E-state index in [-0.39, 0.29) is 18.5 Å². The van der Waals surface area contributed by atoms with Crippen molar-refractivity contribution in [3.05, 3.63) is 0 Å². The summed E-state index contributed by atoms with van der Waals surface area (Å²) in [5.74, 6) is 0.574. The Morgan fingerprint density at radius 1 is 1.04 bits per heavy atom. The van der Waals surface area contributed by atoms with Crippen molar-refractivity contribution in [2.45, 2.75) is 65.2 Å². The first kappa shape index (κ1) is 21.3. The second-order valence-corrected chi connectivity index (χ2v) is 6.37. The summed E-state index contributed by atoms with van der Waals surface area (Å²) in [6.45, 7) is 6.80. The Kier molecular flexibility index (Phi) is 11.5. The van der Waals surface area contributed by atoms with Gasteiger partial charge in [0.15, 0.2) is 5.96 Å². The molecule has 0 bridgehead atoms. The predicted octanol–water partition coefficient (Wildman–Crippen LogP) is 2.23. The number of aliphatic imine (C=N–C) groups is 1. The molecule has 0 atom stereocenters. The van der Waals surface area contributed by atoms with Crippen molar-refractivity contribution in [1.29, 1.82) is 0 Å². The van der Waals surface area contributed by atoms with Crippen molar-refractivity contribution >= 4 is 17.9 Å². The molecule has 1 aliphatic heterocycles. The van der Waals surface area contributed by atoms with E-state index in [2.05, 4.69) is 27.9 Å². The smallest absolute Gasteiger partial charge is 0.324 e. The van der Waals surface area contributed by atoms with Crippen LogP contribution in [0.5, 0.6) is 0 Å². The second-order valence-electron chi connectivity index (χ2n) is 6.37. The summed E-state index contributed by atoms with van der Waals surface area (Å²) in [6.07, 6.45) is 10.3. The normalized spacial score (nSPS) is 14.8. The highest BCUT2D eigenvalue weighted by Gasteiger charge is 2.27. The van der Waals surface area contributed by atoms with E-state index in [4.69, 9.17) is 0 Å². The minimum Gasteiger partial charge on any atom is -0.357 e. The fraction of sp³-hybridized carbons (Fsp3) is 0.833. The van der Waals surface area contributed by atoms with Gasteiger partial charge in [0, 0.05) is 26.2 Å². The molecule has 1 heterocycles. The van der Waals surface area contributed by atoms with Crippen molar-refractivity contribution in [3.8, 4) is 0 Å². The topological polar surface area (TPSA) is 85.8 Å². The van der Waals surface area contributed by atoms with Gasteiger partial charge >= 0.3 is 6.03 Å². The molecule has 0 aromatic rings. The minimum atomic E-state index is -0.312. The maximum Gasteiger partial charge on any atom is 0.324 e. The van der Waals surface area contributed by atoms with Crippen LogP contribution in [0, 0.1) is 0 Å². The molecule has 7 nitrogen and oxygen atoms in total. The first-order valence-electron chi connectivity index (χ1n) is 9.79. The molecule has 1 rings (SSSR count). The van der Waals surface area contributed by atoms with Gasteiger partial charge in [-0.2, -0.15) is 0 Å². The third-order valence-corrected chi connectivity index (χ3v) is 4.19. The highest BCUT2D eigenvalue weighted by molar-refractivity contribution is 6.01. The first-order valence-corrected chi connectivity index (χ1v) is 9.79. The van der Waals surface area contributed by atoms with Crippen LogP contribution in [-0.2, 0) is 4.79 Å². The number of urea groups is 1. The number of carbonyl (C=O) groups excluding carboxylic acids is 2. The van der Waals surface area contributed by atoms with Gasteiger partial charge < -0.3 is 16.0 Å². The van der Waals surface area contributed by atoms with Crippen molar-refractivity contribution in [2.24, 2.45) is 4.99 Å². The maximum atomic E-state index is 11.5. The molecule has 3 amide bonds. The molecule has 25 heavy (non-hydrogen) atoms. The van der Waals surface area contributed by atoms with E-state index < -0.39 is 0 Å². The second kappa shape index (κ2) is 13.5. The van der Waals surface area contributed by atoms with Gasteiger partial charge in [-0.1, -0.05) is 51.9 Å². The molecule has 7 heteroatoms. The molecule has 0 aliphatic carbocycles. The summed E-state index contributed by atoms with van der Waals surface area (Å²) in [7, 11) is 0. The largest absolute Gasteiger partial charge is 0.357 e. The van der Waals surface area contributed by atoms with E-state index in [0.717, 1.165) is 25.5 Å². The molecule has 3 N–H and O–H groups in total. The Hall–Kier alpha value is -1.79. The highest BCUT2D eigenvalue weighted by atomic mass is 16.2. The summed E-state index contributed by atoms with van der Waals surface area (Å²) in [4.78, 5) is 28.8. The lowest BCUT2D eigenvalue weighted by Crippen LogP contribution is -2.43. The molecule has 144 valence electrons. The Morgan fingerprint density at radius 2 is 1.72 bits per heavy atom. The van der Waals surface area contributed by atoms with Gasteiger partial charge in [0.2, 0.25) is 5.91 Å². The number of hydrogen-bond acceptors (Lipinski definition) is 3. The summed E-state index contributed by atoms with van der Waals surface area (Å²) >= 11 is 0. The average Bonchev–Trinajstić information content (AvgIpc) is 2.92. The predicted molar refractivity (Wildman–Crippen MR) is 102 cm³/mol. The number of rotatable bonds is 13. The van der Waals surface area contributed by atoms with E-state index in [1.54, 1.807) is 0 Å². The van der Waals surface area contributed by atoms with Gasteiger partial charge in [-0.15, -0.1) is 0 Å². The van der Waals surface area contributed by atoms with Gasteiger partial charge in [-0.25, -0.2) is 4.79 Å². The summed E-state index contributed by atoms with van der Waals surface area (Å²) in [6, 6.07) is -0.312. The third-order valence-electron chi connectivity index (χ3n) is 4.19. The highest BCUT2D eigenvalue weighted by Crippen LogP contribution is 2.08. The van der Waals surface area contributed by atoms with Crippen LogP contribution < -0.4 is 16.0 Å². The van der Waals surface area contributed by atoms with E-state index in [1.807, 2.05) is 6.92 Å². The lowest BCUT2D eigenvalue weighted by Gasteiger charge is -2.15. The third kappa shape index (κ3) is 9.31. The average molecular weight is 354 g/mol. The number of guanidine groups is 1. The molecule has 1 aliphatic rings. The van der Waals surface area contributed by atoms with Gasteiger partial charge in [0.25, 0.3) is 0 Å². The summed E-state index contributed by atoms with van der Waals surface area (Å²) in [5, 5.41) is 8.89. The number of nitrogens with one attached hydrogen (secondary N) is 3. The SMILES string of the molecule is CCCCCCCCCCN=C(NCC)NCCN1C(=O)CNC1=O. The fourth-order valence-corrected chi connectivity index (χ4v) is 2.75. The fourth-order valence-electron chi connectivity index (χ4n) is 2.75. The van der Waals surface area contributed by atoms with Crippen LogP contribution in [0.25, 0.3) is 0 Å². The maximum absolute atomic E-state index is 11.5. The lowest BCUT2D eigenvalue weighted by molar-refractivity contribution is -0.124. The van der Waals surface area contributed by atoms with Crippen molar-refractivity contribution in [2.75, 3.05) is 32.7 Å². The Bertz CT molecular complexity index is 410. The van der Waals surface area contributed by atoms with Crippen LogP contribution in [0.2, 0.25) is 0 Å². The van der Waals surface area contributed by atoms with Crippen LogP contribution in [0.4, 0.5) is 4.79 Å². The summed E-state index contributed by atoms with van der Waals surface area (Å²) in [5.41, 5.74) is 0. The minimum absolute atomic E-state index is 0.103. The molecule has 0 spiro atoms. The van der Waals surface area contributed by atoms with Gasteiger partial charge in [-0.3, -0.25) is 14.7 Å². The number of hydrogen-bond donors (Lipinski definition) is 3. The molecule has 1 saturated heterocycles. The first-order chi connectivity index (χ1) is 12.2. The van der Waals surface area contributed by atoms with Gasteiger partial charge in [0.1, 0.15) is 0 Å². The van der Waals surface area contributed by atoms with E-state index in [9.17, 15) is 9.59 Å². The molecule has 1 fully saturated rings. The number of carbonyl (C=O) groups is 2. The molecular weight excluding hydrogens is 318 g/mol. The Morgan fingerprint density at radius 3 is 2.32 bits per heavy atom. The Labute approximate surface area is 152 Å². The zero-order chi connectivity index (χ0) is 18.3. The van der Waals surface area contributed by atoms with Crippen molar-refractivity contribution < 1.29 is 9.59 Å². The Balaban J connectivity index is 2.14. The zero-order valence-corrected chi connectivity index (χ0v) is 15.9. The monoisotopic (exact) mass is 353 g/mol.